The second kappa shape index (κ2) is 3.88. The van der Waals surface area contributed by atoms with E-state index in [0.29, 0.717) is 0 Å². The summed E-state index contributed by atoms with van der Waals surface area (Å²) >= 11 is 0. The number of aromatic carboxylic acids is 1. The predicted molar refractivity (Wildman–Crippen MR) is 38.4 cm³/mol. The smallest absolute Gasteiger partial charge is 0.335 e. The molecule has 1 aromatic rings. The maximum atomic E-state index is 12.2. The van der Waals surface area contributed by atoms with Gasteiger partial charge in [0.1, 0.15) is 0 Å². The molecule has 0 bridgehead atoms. The van der Waals surface area contributed by atoms with E-state index < -0.39 is 11.9 Å². The van der Waals surface area contributed by atoms with Gasteiger partial charge in [0.15, 0.2) is 0 Å². The number of hydrogen-bond donors (Lipinski definition) is 1. The Morgan fingerprint density at radius 3 is 2.64 bits per heavy atom. The molecular weight excluding hydrogens is 173 g/mol. The molecule has 1 heterocycles. The first-order valence-corrected chi connectivity index (χ1v) is 2.55. The number of nitrogens with zero attached hydrogens (tertiary/aromatic N) is 1. The van der Waals surface area contributed by atoms with E-state index in [1.807, 2.05) is 0 Å². The van der Waals surface area contributed by atoms with Crippen LogP contribution >= 0.6 is 12.4 Å². The maximum Gasteiger partial charge on any atom is 0.335 e. The molecule has 1 N–H and O–H groups in total. The summed E-state index contributed by atoms with van der Waals surface area (Å²) in [6.45, 7) is 0. The third-order valence-electron chi connectivity index (χ3n) is 0.974. The van der Waals surface area contributed by atoms with Gasteiger partial charge in [0, 0.05) is 12.3 Å². The fourth-order valence-corrected chi connectivity index (χ4v) is 0.535. The van der Waals surface area contributed by atoms with Crippen LogP contribution in [0.15, 0.2) is 18.3 Å². The van der Waals surface area contributed by atoms with Crippen LogP contribution in [-0.2, 0) is 0 Å². The number of aromatic nitrogens is 1. The van der Waals surface area contributed by atoms with E-state index in [0.717, 1.165) is 12.3 Å². The lowest BCUT2D eigenvalue weighted by molar-refractivity contribution is 0.0696. The molecule has 0 atom stereocenters. The van der Waals surface area contributed by atoms with E-state index in [9.17, 15) is 9.18 Å². The van der Waals surface area contributed by atoms with Crippen LogP contribution in [0.2, 0.25) is 0 Å². The molecule has 0 saturated heterocycles. The molecule has 0 unspecified atom stereocenters. The molecule has 0 aliphatic heterocycles. The van der Waals surface area contributed by atoms with Crippen LogP contribution in [0.25, 0.3) is 0 Å². The zero-order valence-electron chi connectivity index (χ0n) is 5.32. The third-order valence-corrected chi connectivity index (χ3v) is 0.974. The highest BCUT2D eigenvalue weighted by Crippen LogP contribution is 1.98. The Kier molecular flexibility index (Phi) is 3.47. The summed E-state index contributed by atoms with van der Waals surface area (Å²) in [6, 6.07) is 2.09. The Bertz CT molecular complexity index is 267. The average molecular weight is 178 g/mol. The van der Waals surface area contributed by atoms with E-state index in [1.165, 1.54) is 6.07 Å². The lowest BCUT2D eigenvalue weighted by Gasteiger charge is -1.90. The van der Waals surface area contributed by atoms with E-state index in [-0.39, 0.29) is 18.0 Å². The van der Waals surface area contributed by atoms with Crippen LogP contribution in [0.3, 0.4) is 0 Å². The van der Waals surface area contributed by atoms with E-state index in [1.54, 1.807) is 0 Å². The molecule has 0 spiro atoms. The number of rotatable bonds is 1. The first-order chi connectivity index (χ1) is 4.70. The standard InChI is InChI=1S/C6H4FNO2.ClH/c7-5-3-4(6(9)10)1-2-8-5;/h1-3H,(H,9,10);1H. The average Bonchev–Trinajstić information content (AvgIpc) is 1.88. The highest BCUT2D eigenvalue weighted by atomic mass is 35.5. The van der Waals surface area contributed by atoms with Crippen LogP contribution in [0, 0.1) is 5.95 Å². The zero-order valence-corrected chi connectivity index (χ0v) is 6.14. The number of carboxylic acid groups (broad SMARTS) is 1. The van der Waals surface area contributed by atoms with Crippen LogP contribution in [0.1, 0.15) is 10.4 Å². The predicted octanol–water partition coefficient (Wildman–Crippen LogP) is 1.34. The first-order valence-electron chi connectivity index (χ1n) is 2.55. The van der Waals surface area contributed by atoms with Crippen molar-refractivity contribution in [1.82, 2.24) is 4.98 Å². The highest BCUT2D eigenvalue weighted by molar-refractivity contribution is 5.87. The van der Waals surface area contributed by atoms with Gasteiger partial charge in [-0.2, -0.15) is 4.39 Å². The molecular formula is C6H5ClFNO2. The van der Waals surface area contributed by atoms with Crippen LogP contribution in [-0.4, -0.2) is 16.1 Å². The Hall–Kier alpha value is -1.16. The molecule has 0 aliphatic rings. The minimum atomic E-state index is -1.15. The molecule has 0 aliphatic carbocycles. The van der Waals surface area contributed by atoms with Gasteiger partial charge in [-0.3, -0.25) is 0 Å². The summed E-state index contributed by atoms with van der Waals surface area (Å²) in [7, 11) is 0. The van der Waals surface area contributed by atoms with Crippen molar-refractivity contribution in [3.63, 3.8) is 0 Å². The zero-order chi connectivity index (χ0) is 7.56. The number of carbonyl (C=O) groups is 1. The number of pyridine rings is 1. The van der Waals surface area contributed by atoms with Gasteiger partial charge in [0.2, 0.25) is 5.95 Å². The monoisotopic (exact) mass is 177 g/mol. The van der Waals surface area contributed by atoms with Crippen LogP contribution in [0.5, 0.6) is 0 Å². The summed E-state index contributed by atoms with van der Waals surface area (Å²) in [5.74, 6) is -1.93. The molecule has 3 nitrogen and oxygen atoms in total. The van der Waals surface area contributed by atoms with E-state index >= 15 is 0 Å². The van der Waals surface area contributed by atoms with Crippen molar-refractivity contribution in [2.75, 3.05) is 0 Å². The molecule has 1 rings (SSSR count). The van der Waals surface area contributed by atoms with Gasteiger partial charge in [-0.1, -0.05) is 0 Å². The van der Waals surface area contributed by atoms with E-state index in [4.69, 9.17) is 5.11 Å². The molecule has 0 saturated carbocycles. The minimum absolute atomic E-state index is 0. The summed E-state index contributed by atoms with van der Waals surface area (Å²) in [4.78, 5) is 13.4. The summed E-state index contributed by atoms with van der Waals surface area (Å²) < 4.78 is 12.2. The van der Waals surface area contributed by atoms with Crippen molar-refractivity contribution in [2.45, 2.75) is 0 Å². The van der Waals surface area contributed by atoms with Gasteiger partial charge in [-0.25, -0.2) is 9.78 Å². The summed E-state index contributed by atoms with van der Waals surface area (Å²) in [6.07, 6.45) is 1.11. The molecule has 0 aromatic carbocycles. The van der Waals surface area contributed by atoms with Crippen molar-refractivity contribution >= 4 is 18.4 Å². The molecule has 1 aromatic heterocycles. The van der Waals surface area contributed by atoms with Gasteiger partial charge in [-0.15, -0.1) is 12.4 Å². The van der Waals surface area contributed by atoms with Crippen molar-refractivity contribution in [2.24, 2.45) is 0 Å². The molecule has 11 heavy (non-hydrogen) atoms. The van der Waals surface area contributed by atoms with Gasteiger partial charge in [0.05, 0.1) is 5.56 Å². The topological polar surface area (TPSA) is 50.2 Å². The Balaban J connectivity index is 0.000001000. The molecule has 0 radical (unpaired) electrons. The van der Waals surface area contributed by atoms with Crippen molar-refractivity contribution in [1.29, 1.82) is 0 Å². The minimum Gasteiger partial charge on any atom is -0.478 e. The van der Waals surface area contributed by atoms with Crippen LogP contribution in [0.4, 0.5) is 4.39 Å². The van der Waals surface area contributed by atoms with Gasteiger partial charge in [-0.05, 0) is 6.07 Å². The highest BCUT2D eigenvalue weighted by Gasteiger charge is 2.02. The van der Waals surface area contributed by atoms with Crippen molar-refractivity contribution < 1.29 is 14.3 Å². The Morgan fingerprint density at radius 1 is 1.64 bits per heavy atom. The SMILES string of the molecule is Cl.O=C(O)c1ccnc(F)c1. The van der Waals surface area contributed by atoms with Gasteiger partial charge >= 0.3 is 5.97 Å². The summed E-state index contributed by atoms with van der Waals surface area (Å²) in [5, 5.41) is 8.31. The fraction of sp³-hybridized carbons (Fsp3) is 0. The lowest BCUT2D eigenvalue weighted by Crippen LogP contribution is -1.97. The van der Waals surface area contributed by atoms with E-state index in [2.05, 4.69) is 4.98 Å². The summed E-state index contributed by atoms with van der Waals surface area (Å²) in [5.41, 5.74) is -0.0903. The third kappa shape index (κ3) is 2.51. The molecule has 0 fully saturated rings. The molecule has 0 amide bonds. The largest absolute Gasteiger partial charge is 0.478 e. The second-order valence-electron chi connectivity index (χ2n) is 1.67. The Labute approximate surface area is 68.3 Å². The van der Waals surface area contributed by atoms with Gasteiger partial charge < -0.3 is 5.11 Å². The Morgan fingerprint density at radius 2 is 2.27 bits per heavy atom. The maximum absolute atomic E-state index is 12.2. The second-order valence-corrected chi connectivity index (χ2v) is 1.67. The normalized spacial score (nSPS) is 8.45. The molecule has 60 valence electrons. The first kappa shape index (κ1) is 9.84. The lowest BCUT2D eigenvalue weighted by atomic mass is 10.3. The number of hydrogen-bond acceptors (Lipinski definition) is 2. The van der Waals surface area contributed by atoms with Crippen molar-refractivity contribution in [3.05, 3.63) is 29.8 Å². The number of halogens is 2. The van der Waals surface area contributed by atoms with Gasteiger partial charge in [0.25, 0.3) is 0 Å². The molecule has 5 heteroatoms. The van der Waals surface area contributed by atoms with Crippen LogP contribution < -0.4 is 0 Å². The van der Waals surface area contributed by atoms with Crippen molar-refractivity contribution in [3.8, 4) is 0 Å². The fourth-order valence-electron chi connectivity index (χ4n) is 0.535. The number of carboxylic acids is 1. The quantitative estimate of drug-likeness (QED) is 0.659.